The molecule has 1 heterocycles. The van der Waals surface area contributed by atoms with Gasteiger partial charge in [-0.1, -0.05) is 12.1 Å². The molecule has 5 nitrogen and oxygen atoms in total. The van der Waals surface area contributed by atoms with Crippen LogP contribution in [-0.4, -0.2) is 25.5 Å². The summed E-state index contributed by atoms with van der Waals surface area (Å²) in [5.74, 6) is -0.176. The first kappa shape index (κ1) is 13.5. The third-order valence-electron chi connectivity index (χ3n) is 3.14. The van der Waals surface area contributed by atoms with Gasteiger partial charge in [-0.15, -0.1) is 0 Å². The third kappa shape index (κ3) is 3.79. The van der Waals surface area contributed by atoms with Crippen molar-refractivity contribution in [2.75, 3.05) is 19.0 Å². The van der Waals surface area contributed by atoms with Crippen molar-refractivity contribution in [2.24, 2.45) is 5.92 Å². The molecule has 2 amide bonds. The average Bonchev–Trinajstić information content (AvgIpc) is 2.40. The Kier molecular flexibility index (Phi) is 4.52. The minimum absolute atomic E-state index is 0.0196. The molecular weight excluding hydrogens is 244 g/mol. The molecule has 1 aromatic rings. The summed E-state index contributed by atoms with van der Waals surface area (Å²) >= 11 is 0. The first-order valence-corrected chi connectivity index (χ1v) is 6.34. The van der Waals surface area contributed by atoms with Gasteiger partial charge in [0, 0.05) is 25.8 Å². The maximum absolute atomic E-state index is 12.0. The van der Waals surface area contributed by atoms with Crippen LogP contribution in [0.5, 0.6) is 0 Å². The van der Waals surface area contributed by atoms with Gasteiger partial charge in [-0.3, -0.25) is 9.59 Å². The number of nitrogens with one attached hydrogen (secondary N) is 2. The van der Waals surface area contributed by atoms with E-state index in [1.54, 1.807) is 7.11 Å². The molecule has 0 aromatic heterocycles. The Balaban J connectivity index is 1.94. The number of benzene rings is 1. The number of methoxy groups -OCH3 is 1. The molecule has 1 atom stereocenters. The monoisotopic (exact) mass is 262 g/mol. The molecule has 1 aliphatic rings. The number of rotatable bonds is 4. The highest BCUT2D eigenvalue weighted by Gasteiger charge is 2.24. The van der Waals surface area contributed by atoms with Gasteiger partial charge in [-0.25, -0.2) is 0 Å². The number of carbonyl (C=O) groups is 2. The summed E-state index contributed by atoms with van der Waals surface area (Å²) in [6.07, 6.45) is 1.03. The maximum Gasteiger partial charge on any atom is 0.229 e. The van der Waals surface area contributed by atoms with Gasteiger partial charge in [0.25, 0.3) is 0 Å². The summed E-state index contributed by atoms with van der Waals surface area (Å²) in [6.45, 7) is 0.936. The van der Waals surface area contributed by atoms with E-state index < -0.39 is 0 Å². The van der Waals surface area contributed by atoms with Crippen LogP contribution in [0.1, 0.15) is 18.4 Å². The second-order valence-electron chi connectivity index (χ2n) is 4.66. The van der Waals surface area contributed by atoms with Crippen molar-refractivity contribution in [1.82, 2.24) is 5.32 Å². The summed E-state index contributed by atoms with van der Waals surface area (Å²) in [6, 6.07) is 7.56. The molecule has 1 aliphatic heterocycles. The van der Waals surface area contributed by atoms with Crippen molar-refractivity contribution >= 4 is 17.5 Å². The summed E-state index contributed by atoms with van der Waals surface area (Å²) in [5.41, 5.74) is 1.77. The van der Waals surface area contributed by atoms with Crippen LogP contribution in [-0.2, 0) is 20.9 Å². The predicted octanol–water partition coefficient (Wildman–Crippen LogP) is 1.30. The highest BCUT2D eigenvalue weighted by molar-refractivity contribution is 5.94. The number of anilines is 1. The number of carbonyl (C=O) groups excluding carboxylic acids is 2. The van der Waals surface area contributed by atoms with Crippen LogP contribution in [0.2, 0.25) is 0 Å². The quantitative estimate of drug-likeness (QED) is 0.859. The van der Waals surface area contributed by atoms with Crippen molar-refractivity contribution < 1.29 is 14.3 Å². The normalized spacial score (nSPS) is 18.8. The van der Waals surface area contributed by atoms with Gasteiger partial charge in [0.15, 0.2) is 0 Å². The van der Waals surface area contributed by atoms with Crippen molar-refractivity contribution in [3.63, 3.8) is 0 Å². The highest BCUT2D eigenvalue weighted by Crippen LogP contribution is 2.16. The van der Waals surface area contributed by atoms with Gasteiger partial charge in [0.1, 0.15) is 0 Å². The molecule has 2 N–H and O–H groups in total. The summed E-state index contributed by atoms with van der Waals surface area (Å²) < 4.78 is 5.06. The van der Waals surface area contributed by atoms with Crippen LogP contribution in [0, 0.1) is 5.92 Å². The molecule has 0 aliphatic carbocycles. The van der Waals surface area contributed by atoms with Crippen LogP contribution >= 0.6 is 0 Å². The van der Waals surface area contributed by atoms with Crippen molar-refractivity contribution in [1.29, 1.82) is 0 Å². The lowest BCUT2D eigenvalue weighted by Crippen LogP contribution is -2.40. The molecule has 1 unspecified atom stereocenters. The molecule has 1 aromatic carbocycles. The topological polar surface area (TPSA) is 67.4 Å². The lowest BCUT2D eigenvalue weighted by molar-refractivity contribution is -0.126. The number of hydrogen-bond acceptors (Lipinski definition) is 3. The maximum atomic E-state index is 12.0. The molecule has 0 bridgehead atoms. The number of ether oxygens (including phenoxy) is 1. The molecule has 19 heavy (non-hydrogen) atoms. The summed E-state index contributed by atoms with van der Waals surface area (Å²) in [7, 11) is 1.63. The second-order valence-corrected chi connectivity index (χ2v) is 4.66. The van der Waals surface area contributed by atoms with Crippen molar-refractivity contribution in [3.05, 3.63) is 29.8 Å². The average molecular weight is 262 g/mol. The van der Waals surface area contributed by atoms with Crippen molar-refractivity contribution in [3.8, 4) is 0 Å². The van der Waals surface area contributed by atoms with Crippen LogP contribution in [0.4, 0.5) is 5.69 Å². The fourth-order valence-electron chi connectivity index (χ4n) is 2.11. The zero-order valence-corrected chi connectivity index (χ0v) is 10.9. The Labute approximate surface area is 112 Å². The lowest BCUT2D eigenvalue weighted by atomic mass is 9.98. The van der Waals surface area contributed by atoms with E-state index in [-0.39, 0.29) is 17.7 Å². The molecule has 102 valence electrons. The number of amides is 2. The predicted molar refractivity (Wildman–Crippen MR) is 71.5 cm³/mol. The van der Waals surface area contributed by atoms with Gasteiger partial charge in [0.05, 0.1) is 12.5 Å². The lowest BCUT2D eigenvalue weighted by Gasteiger charge is -2.21. The molecule has 0 spiro atoms. The standard InChI is InChI=1S/C14H18N2O3/c1-19-9-10-3-2-4-12(7-10)16-14(18)11-5-6-13(17)15-8-11/h2-4,7,11H,5-6,8-9H2,1H3,(H,15,17)(H,16,18). The van der Waals surface area contributed by atoms with E-state index >= 15 is 0 Å². The fraction of sp³-hybridized carbons (Fsp3) is 0.429. The first-order chi connectivity index (χ1) is 9.19. The molecule has 5 heteroatoms. The largest absolute Gasteiger partial charge is 0.380 e. The molecule has 0 saturated carbocycles. The second kappa shape index (κ2) is 6.33. The van der Waals surface area contributed by atoms with E-state index in [4.69, 9.17) is 4.74 Å². The van der Waals surface area contributed by atoms with E-state index in [0.717, 1.165) is 11.3 Å². The van der Waals surface area contributed by atoms with Gasteiger partial charge in [-0.05, 0) is 24.1 Å². The number of hydrogen-bond donors (Lipinski definition) is 2. The zero-order valence-electron chi connectivity index (χ0n) is 10.9. The Morgan fingerprint density at radius 1 is 1.53 bits per heavy atom. The Morgan fingerprint density at radius 3 is 3.05 bits per heavy atom. The van der Waals surface area contributed by atoms with E-state index in [9.17, 15) is 9.59 Å². The van der Waals surface area contributed by atoms with E-state index in [1.165, 1.54) is 0 Å². The molecule has 0 radical (unpaired) electrons. The Hall–Kier alpha value is -1.88. The molecule has 1 saturated heterocycles. The van der Waals surface area contributed by atoms with Crippen LogP contribution < -0.4 is 10.6 Å². The minimum Gasteiger partial charge on any atom is -0.380 e. The van der Waals surface area contributed by atoms with Gasteiger partial charge in [-0.2, -0.15) is 0 Å². The zero-order chi connectivity index (χ0) is 13.7. The summed E-state index contributed by atoms with van der Waals surface area (Å²) in [5, 5.41) is 5.59. The Bertz CT molecular complexity index is 464. The first-order valence-electron chi connectivity index (χ1n) is 6.34. The number of piperidine rings is 1. The third-order valence-corrected chi connectivity index (χ3v) is 3.14. The van der Waals surface area contributed by atoms with Gasteiger partial charge in [0.2, 0.25) is 11.8 Å². The van der Waals surface area contributed by atoms with Crippen LogP contribution in [0.3, 0.4) is 0 Å². The van der Waals surface area contributed by atoms with Crippen molar-refractivity contribution in [2.45, 2.75) is 19.4 Å². The van der Waals surface area contributed by atoms with Gasteiger partial charge < -0.3 is 15.4 Å². The molecular formula is C14H18N2O3. The smallest absolute Gasteiger partial charge is 0.229 e. The van der Waals surface area contributed by atoms with Crippen LogP contribution in [0.15, 0.2) is 24.3 Å². The minimum atomic E-state index is -0.149. The van der Waals surface area contributed by atoms with Gasteiger partial charge >= 0.3 is 0 Å². The van der Waals surface area contributed by atoms with E-state index in [1.807, 2.05) is 24.3 Å². The highest BCUT2D eigenvalue weighted by atomic mass is 16.5. The molecule has 2 rings (SSSR count). The fourth-order valence-corrected chi connectivity index (χ4v) is 2.11. The SMILES string of the molecule is COCc1cccc(NC(=O)C2CCC(=O)NC2)c1. The Morgan fingerprint density at radius 2 is 2.37 bits per heavy atom. The molecule has 1 fully saturated rings. The van der Waals surface area contributed by atoms with E-state index in [0.29, 0.717) is 26.0 Å². The summed E-state index contributed by atoms with van der Waals surface area (Å²) in [4.78, 5) is 23.1. The van der Waals surface area contributed by atoms with E-state index in [2.05, 4.69) is 10.6 Å². The van der Waals surface area contributed by atoms with Crippen LogP contribution in [0.25, 0.3) is 0 Å².